The van der Waals surface area contributed by atoms with Gasteiger partial charge in [-0.3, -0.25) is 9.88 Å². The van der Waals surface area contributed by atoms with Crippen LogP contribution < -0.4 is 5.32 Å². The van der Waals surface area contributed by atoms with Crippen LogP contribution in [0.5, 0.6) is 0 Å². The average Bonchev–Trinajstić information content (AvgIpc) is 3.00. The number of piperazine rings is 1. The number of nitrogens with one attached hydrogen (secondary N) is 1. The van der Waals surface area contributed by atoms with Gasteiger partial charge in [-0.2, -0.15) is 0 Å². The van der Waals surface area contributed by atoms with Crippen molar-refractivity contribution in [3.63, 3.8) is 0 Å². The average molecular weight is 519 g/mol. The maximum atomic E-state index is 4.99. The second-order valence-corrected chi connectivity index (χ2v) is 11.2. The molecule has 0 unspecified atom stereocenters. The monoisotopic (exact) mass is 518 g/mol. The summed E-state index contributed by atoms with van der Waals surface area (Å²) in [5.74, 6) is 0. The van der Waals surface area contributed by atoms with Crippen LogP contribution in [-0.2, 0) is 12.8 Å². The molecule has 0 bridgehead atoms. The Hall–Kier alpha value is -3.21. The van der Waals surface area contributed by atoms with Crippen LogP contribution >= 0.6 is 0 Å². The normalized spacial score (nSPS) is 16.4. The fraction of sp³-hybridized carbons (Fsp3) is 0.400. The van der Waals surface area contributed by atoms with Crippen molar-refractivity contribution in [2.75, 3.05) is 44.6 Å². The number of fused-ring (bicyclic) bond motifs is 2. The molecule has 4 nitrogen and oxygen atoms in total. The Balaban J connectivity index is 0.977. The molecule has 1 aliphatic heterocycles. The van der Waals surface area contributed by atoms with E-state index in [4.69, 9.17) is 4.98 Å². The third-order valence-electron chi connectivity index (χ3n) is 8.62. The van der Waals surface area contributed by atoms with Crippen LogP contribution in [0.3, 0.4) is 0 Å². The van der Waals surface area contributed by atoms with Gasteiger partial charge in [-0.25, -0.2) is 0 Å². The molecule has 0 amide bonds. The summed E-state index contributed by atoms with van der Waals surface area (Å²) in [5, 5.41) is 5.14. The number of benzene rings is 3. The quantitative estimate of drug-likeness (QED) is 0.227. The first-order valence-electron chi connectivity index (χ1n) is 15.1. The molecule has 0 saturated carbocycles. The molecule has 1 saturated heterocycles. The lowest BCUT2D eigenvalue weighted by Crippen LogP contribution is -2.48. The zero-order chi connectivity index (χ0) is 26.3. The third-order valence-corrected chi connectivity index (χ3v) is 8.62. The SMILES string of the molecule is c1ccc(C(c2ccccc2)N2CCN(CCCCCNc3c4c(nc5ccccc35)CCCC4)CC2)cc1. The number of pyridine rings is 1. The number of nitrogens with zero attached hydrogens (tertiary/aromatic N) is 3. The number of aryl methyl sites for hydroxylation is 1. The molecule has 2 heterocycles. The molecule has 3 aromatic carbocycles. The summed E-state index contributed by atoms with van der Waals surface area (Å²) in [7, 11) is 0. The molecular formula is C35H42N4. The van der Waals surface area contributed by atoms with Gasteiger partial charge >= 0.3 is 0 Å². The van der Waals surface area contributed by atoms with Crippen LogP contribution in [0.25, 0.3) is 10.9 Å². The zero-order valence-corrected chi connectivity index (χ0v) is 23.2. The number of rotatable bonds is 10. The van der Waals surface area contributed by atoms with E-state index in [1.54, 1.807) is 0 Å². The Morgan fingerprint density at radius 1 is 0.692 bits per heavy atom. The minimum absolute atomic E-state index is 0.343. The number of anilines is 1. The first-order chi connectivity index (χ1) is 19.4. The number of para-hydroxylation sites is 1. The fourth-order valence-corrected chi connectivity index (χ4v) is 6.55. The van der Waals surface area contributed by atoms with Gasteiger partial charge in [0.15, 0.2) is 0 Å². The van der Waals surface area contributed by atoms with Crippen LogP contribution in [0, 0.1) is 0 Å². The molecule has 0 atom stereocenters. The van der Waals surface area contributed by atoms with E-state index in [1.165, 1.54) is 72.1 Å². The van der Waals surface area contributed by atoms with E-state index in [1.807, 2.05) is 0 Å². The van der Waals surface area contributed by atoms with E-state index >= 15 is 0 Å². The van der Waals surface area contributed by atoms with E-state index in [2.05, 4.69) is 100 Å². The van der Waals surface area contributed by atoms with Crippen molar-refractivity contribution in [2.24, 2.45) is 0 Å². The van der Waals surface area contributed by atoms with E-state index in [-0.39, 0.29) is 0 Å². The number of hydrogen-bond donors (Lipinski definition) is 1. The molecule has 4 heteroatoms. The first kappa shape index (κ1) is 26.0. The molecule has 0 radical (unpaired) electrons. The number of aromatic nitrogens is 1. The van der Waals surface area contributed by atoms with E-state index < -0.39 is 0 Å². The molecule has 4 aromatic rings. The van der Waals surface area contributed by atoms with Crippen molar-refractivity contribution in [3.8, 4) is 0 Å². The molecule has 2 aliphatic rings. The lowest BCUT2D eigenvalue weighted by atomic mass is 9.92. The van der Waals surface area contributed by atoms with Crippen LogP contribution in [0.15, 0.2) is 84.9 Å². The summed E-state index contributed by atoms with van der Waals surface area (Å²) in [5.41, 5.74) is 8.09. The molecule has 6 rings (SSSR count). The summed E-state index contributed by atoms with van der Waals surface area (Å²) in [6.45, 7) is 6.81. The maximum Gasteiger partial charge on any atom is 0.0726 e. The molecule has 1 N–H and O–H groups in total. The Bertz CT molecular complexity index is 1290. The van der Waals surface area contributed by atoms with Crippen molar-refractivity contribution < 1.29 is 0 Å². The van der Waals surface area contributed by atoms with Crippen LogP contribution in [0.1, 0.15) is 60.5 Å². The minimum Gasteiger partial charge on any atom is -0.384 e. The largest absolute Gasteiger partial charge is 0.384 e. The Morgan fingerprint density at radius 2 is 1.36 bits per heavy atom. The van der Waals surface area contributed by atoms with E-state index in [0.717, 1.165) is 51.1 Å². The highest BCUT2D eigenvalue weighted by atomic mass is 15.3. The van der Waals surface area contributed by atoms with Crippen LogP contribution in [0.4, 0.5) is 5.69 Å². The first-order valence-corrected chi connectivity index (χ1v) is 15.1. The predicted molar refractivity (Wildman–Crippen MR) is 163 cm³/mol. The molecular weight excluding hydrogens is 476 g/mol. The van der Waals surface area contributed by atoms with Gasteiger partial charge in [-0.1, -0.05) is 85.3 Å². The third kappa shape index (κ3) is 6.18. The fourth-order valence-electron chi connectivity index (χ4n) is 6.55. The number of hydrogen-bond acceptors (Lipinski definition) is 4. The lowest BCUT2D eigenvalue weighted by Gasteiger charge is -2.40. The standard InChI is InChI=1S/C35H42N4/c1-4-14-28(15-5-1)35(29-16-6-2-7-17-29)39-26-24-38(25-27-39)23-13-3-12-22-36-34-30-18-8-10-20-32(30)37-33-21-11-9-19-31(33)34/h1-2,4-8,10,14-18,20,35H,3,9,11-13,19,21-27H2,(H,36,37). The van der Waals surface area contributed by atoms with Crippen molar-refractivity contribution in [2.45, 2.75) is 51.0 Å². The predicted octanol–water partition coefficient (Wildman–Crippen LogP) is 7.10. The summed E-state index contributed by atoms with van der Waals surface area (Å²) in [6, 6.07) is 31.0. The van der Waals surface area contributed by atoms with Crippen molar-refractivity contribution in [3.05, 3.63) is 107 Å². The Labute approximate surface area is 234 Å². The molecule has 202 valence electrons. The Morgan fingerprint density at radius 3 is 2.10 bits per heavy atom. The molecule has 39 heavy (non-hydrogen) atoms. The van der Waals surface area contributed by atoms with Crippen LogP contribution in [-0.4, -0.2) is 54.1 Å². The van der Waals surface area contributed by atoms with Gasteiger partial charge < -0.3 is 10.2 Å². The Kier molecular flexibility index (Phi) is 8.52. The van der Waals surface area contributed by atoms with Crippen molar-refractivity contribution >= 4 is 16.6 Å². The van der Waals surface area contributed by atoms with Gasteiger partial charge in [0.1, 0.15) is 0 Å². The highest BCUT2D eigenvalue weighted by Gasteiger charge is 2.26. The van der Waals surface area contributed by atoms with Crippen LogP contribution in [0.2, 0.25) is 0 Å². The summed E-state index contributed by atoms with van der Waals surface area (Å²) < 4.78 is 0. The second kappa shape index (κ2) is 12.8. The van der Waals surface area contributed by atoms with Gasteiger partial charge in [0.25, 0.3) is 0 Å². The van der Waals surface area contributed by atoms with Gasteiger partial charge in [-0.05, 0) is 67.8 Å². The van der Waals surface area contributed by atoms with Gasteiger partial charge in [0.05, 0.1) is 11.6 Å². The molecule has 1 aliphatic carbocycles. The van der Waals surface area contributed by atoms with E-state index in [0.29, 0.717) is 6.04 Å². The minimum atomic E-state index is 0.343. The summed E-state index contributed by atoms with van der Waals surface area (Å²) in [4.78, 5) is 10.3. The highest BCUT2D eigenvalue weighted by Crippen LogP contribution is 2.33. The van der Waals surface area contributed by atoms with E-state index in [9.17, 15) is 0 Å². The maximum absolute atomic E-state index is 4.99. The smallest absolute Gasteiger partial charge is 0.0726 e. The molecule has 1 fully saturated rings. The van der Waals surface area contributed by atoms with Gasteiger partial charge in [0, 0.05) is 49.5 Å². The second-order valence-electron chi connectivity index (χ2n) is 11.2. The zero-order valence-electron chi connectivity index (χ0n) is 23.2. The van der Waals surface area contributed by atoms with Gasteiger partial charge in [-0.15, -0.1) is 0 Å². The molecule has 1 aromatic heterocycles. The summed E-state index contributed by atoms with van der Waals surface area (Å²) in [6.07, 6.45) is 8.61. The van der Waals surface area contributed by atoms with Gasteiger partial charge in [0.2, 0.25) is 0 Å². The van der Waals surface area contributed by atoms with Crippen molar-refractivity contribution in [1.29, 1.82) is 0 Å². The lowest BCUT2D eigenvalue weighted by molar-refractivity contribution is 0.108. The highest BCUT2D eigenvalue weighted by molar-refractivity contribution is 5.93. The van der Waals surface area contributed by atoms with Crippen molar-refractivity contribution in [1.82, 2.24) is 14.8 Å². The topological polar surface area (TPSA) is 31.4 Å². The summed E-state index contributed by atoms with van der Waals surface area (Å²) >= 11 is 0. The number of unbranched alkanes of at least 4 members (excludes halogenated alkanes) is 2. The molecule has 0 spiro atoms.